The Hall–Kier alpha value is -7.02. The lowest BCUT2D eigenvalue weighted by molar-refractivity contribution is -0.231. The van der Waals surface area contributed by atoms with Gasteiger partial charge in [0.05, 0.1) is 68.3 Å². The number of amides is 3. The first-order chi connectivity index (χ1) is 38.3. The second kappa shape index (κ2) is 26.1. The number of benzene rings is 2. The van der Waals surface area contributed by atoms with Gasteiger partial charge in [0.2, 0.25) is 11.8 Å². The van der Waals surface area contributed by atoms with Crippen LogP contribution < -0.4 is 26.7 Å². The van der Waals surface area contributed by atoms with Crippen LogP contribution in [-0.4, -0.2) is 152 Å². The van der Waals surface area contributed by atoms with Crippen molar-refractivity contribution in [2.24, 2.45) is 27.5 Å². The standard InChI is InChI=1S/C55H65F10N9O8/c1-51(2,54(60,61)62)38(23-45(76)80-6)47(77)71-73(27-37-39(56)21-34(22-40(37)57)41(66)18-19-67-49(58)59)28-43(75)42(69-48(78)46(70-50(79)81-7)52(3,4)55(63,64)65)20-32-11-8-31(9-12-32)10-13-33-14-17-44(68-24-33)72-25-35-15-16-36(26-72)74(35)53(5)29-82-30-53/h8-9,11-12,14,17-19,21-22,24,35-36,38,42-43,46,49,75H,15-16,20,23,25-30,66H2,1-7H3,(H,69,78)(H,70,79)(H,71,77)/t35?,36?,38-,42+,43+,46-/m1/s1. The summed E-state index contributed by atoms with van der Waals surface area (Å²) >= 11 is 0. The van der Waals surface area contributed by atoms with Crippen LogP contribution in [0.5, 0.6) is 0 Å². The number of rotatable bonds is 21. The van der Waals surface area contributed by atoms with Gasteiger partial charge in [0.25, 0.3) is 0 Å². The molecule has 448 valence electrons. The van der Waals surface area contributed by atoms with Gasteiger partial charge < -0.3 is 40.6 Å². The van der Waals surface area contributed by atoms with Crippen LogP contribution in [0.3, 0.4) is 0 Å². The molecule has 3 aliphatic heterocycles. The Labute approximate surface area is 466 Å². The number of halogens is 10. The summed E-state index contributed by atoms with van der Waals surface area (Å²) < 4.78 is 159. The predicted octanol–water partition coefficient (Wildman–Crippen LogP) is 6.80. The zero-order valence-electron chi connectivity index (χ0n) is 45.9. The summed E-state index contributed by atoms with van der Waals surface area (Å²) in [6.45, 7) is 2.31. The number of pyridine rings is 1. The average Bonchev–Trinajstić information content (AvgIpc) is 3.77. The predicted molar refractivity (Wildman–Crippen MR) is 279 cm³/mol. The number of esters is 1. The highest BCUT2D eigenvalue weighted by Gasteiger charge is 2.57. The van der Waals surface area contributed by atoms with Crippen molar-refractivity contribution >= 4 is 41.6 Å². The van der Waals surface area contributed by atoms with Gasteiger partial charge in [-0.2, -0.15) is 35.1 Å². The molecule has 2 aromatic carbocycles. The lowest BCUT2D eigenvalue weighted by Crippen LogP contribution is -2.68. The maximum absolute atomic E-state index is 16.0. The Bertz CT molecular complexity index is 2850. The molecule has 1 aromatic heterocycles. The molecule has 0 spiro atoms. The van der Waals surface area contributed by atoms with E-state index in [1.165, 1.54) is 12.1 Å². The van der Waals surface area contributed by atoms with Crippen LogP contribution in [-0.2, 0) is 41.6 Å². The maximum atomic E-state index is 16.0. The van der Waals surface area contributed by atoms with Crippen LogP contribution >= 0.6 is 0 Å². The lowest BCUT2D eigenvalue weighted by Gasteiger charge is -2.54. The Balaban J connectivity index is 1.31. The molecule has 3 amide bonds. The molecule has 3 saturated heterocycles. The fourth-order valence-corrected chi connectivity index (χ4v) is 10.0. The van der Waals surface area contributed by atoms with Crippen LogP contribution in [0.25, 0.3) is 5.70 Å². The van der Waals surface area contributed by atoms with Crippen LogP contribution in [0.4, 0.5) is 54.5 Å². The number of anilines is 1. The Kier molecular flexibility index (Phi) is 20.4. The molecule has 0 aliphatic carbocycles. The Morgan fingerprint density at radius 3 is 1.99 bits per heavy atom. The molecule has 82 heavy (non-hydrogen) atoms. The van der Waals surface area contributed by atoms with Crippen LogP contribution in [0.1, 0.15) is 81.7 Å². The molecule has 2 unspecified atom stereocenters. The number of methoxy groups -OCH3 is 2. The third kappa shape index (κ3) is 15.3. The topological polar surface area (TPSA) is 213 Å². The van der Waals surface area contributed by atoms with Gasteiger partial charge in [0.15, 0.2) is 0 Å². The number of aliphatic imine (C=N–C) groups is 1. The number of alkyl carbamates (subject to hydrolysis) is 1. The summed E-state index contributed by atoms with van der Waals surface area (Å²) in [5.74, 6) is -2.70. The first-order valence-electron chi connectivity index (χ1n) is 25.8. The number of nitrogens with one attached hydrogen (secondary N) is 3. The number of nitrogens with two attached hydrogens (primary N) is 1. The van der Waals surface area contributed by atoms with Crippen LogP contribution in [0, 0.1) is 40.2 Å². The second-order valence-corrected chi connectivity index (χ2v) is 21.7. The molecule has 3 fully saturated rings. The van der Waals surface area contributed by atoms with E-state index < -0.39 is 132 Å². The number of piperazine rings is 1. The number of aromatic nitrogens is 1. The van der Waals surface area contributed by atoms with Gasteiger partial charge in [-0.05, 0) is 88.1 Å². The molecule has 2 bridgehead atoms. The normalized spacial score (nSPS) is 19.2. The molecular formula is C55H65F10N9O8. The summed E-state index contributed by atoms with van der Waals surface area (Å²) in [5.41, 5.74) is 1.44. The smallest absolute Gasteiger partial charge is 0.407 e. The summed E-state index contributed by atoms with van der Waals surface area (Å²) in [6, 6.07) is 7.63. The quantitative estimate of drug-likeness (QED) is 0.0186. The number of allylic oxidation sites excluding steroid dienone is 1. The van der Waals surface area contributed by atoms with Gasteiger partial charge in [0, 0.05) is 78.6 Å². The molecular weight excluding hydrogens is 1100 g/mol. The van der Waals surface area contributed by atoms with Crippen molar-refractivity contribution in [1.82, 2.24) is 31.0 Å². The summed E-state index contributed by atoms with van der Waals surface area (Å²) in [5, 5.41) is 16.8. The Morgan fingerprint density at radius 2 is 1.48 bits per heavy atom. The first-order valence-corrected chi connectivity index (χ1v) is 25.8. The van der Waals surface area contributed by atoms with E-state index in [4.69, 9.17) is 10.5 Å². The van der Waals surface area contributed by atoms with Crippen molar-refractivity contribution in [3.8, 4) is 11.8 Å². The van der Waals surface area contributed by atoms with Gasteiger partial charge in [-0.15, -0.1) is 0 Å². The van der Waals surface area contributed by atoms with Crippen LogP contribution in [0.2, 0.25) is 0 Å². The highest BCUT2D eigenvalue weighted by Crippen LogP contribution is 2.46. The zero-order chi connectivity index (χ0) is 60.7. The molecule has 17 nitrogen and oxygen atoms in total. The first kappa shape index (κ1) is 64.2. The number of hydrogen-bond donors (Lipinski definition) is 5. The van der Waals surface area contributed by atoms with E-state index in [2.05, 4.69) is 58.8 Å². The number of ether oxygens (including phenoxy) is 3. The largest absolute Gasteiger partial charge is 0.469 e. The zero-order valence-corrected chi connectivity index (χ0v) is 45.9. The van der Waals surface area contributed by atoms with E-state index in [-0.39, 0.29) is 11.1 Å². The Morgan fingerprint density at radius 1 is 0.890 bits per heavy atom. The van der Waals surface area contributed by atoms with Crippen LogP contribution in [0.15, 0.2) is 65.8 Å². The monoisotopic (exact) mass is 1170 g/mol. The molecule has 6 N–H and O–H groups in total. The van der Waals surface area contributed by atoms with Crippen molar-refractivity contribution in [3.63, 3.8) is 0 Å². The number of hydrazine groups is 1. The van der Waals surface area contributed by atoms with Crippen molar-refractivity contribution < 1.29 is 82.4 Å². The number of nitrogens with zero attached hydrogens (tertiary/aromatic N) is 5. The number of aliphatic hydroxyl groups excluding tert-OH is 1. The summed E-state index contributed by atoms with van der Waals surface area (Å²) in [7, 11) is 1.66. The average molecular weight is 1170 g/mol. The highest BCUT2D eigenvalue weighted by atomic mass is 19.4. The lowest BCUT2D eigenvalue weighted by atomic mass is 9.75. The van der Waals surface area contributed by atoms with Gasteiger partial charge in [-0.1, -0.05) is 37.8 Å². The molecule has 6 atom stereocenters. The summed E-state index contributed by atoms with van der Waals surface area (Å²) in [6.07, 6.45) is -10.4. The van der Waals surface area contributed by atoms with Gasteiger partial charge in [0.1, 0.15) is 23.5 Å². The van der Waals surface area contributed by atoms with E-state index >= 15 is 8.78 Å². The van der Waals surface area contributed by atoms with Crippen molar-refractivity contribution in [3.05, 3.63) is 100 Å². The number of carbonyl (C=O) groups excluding carboxylic acids is 4. The molecule has 3 aromatic rings. The number of fused-ring (bicyclic) bond motifs is 2. The summed E-state index contributed by atoms with van der Waals surface area (Å²) in [4.78, 5) is 65.4. The highest BCUT2D eigenvalue weighted by molar-refractivity contribution is 5.87. The van der Waals surface area contributed by atoms with E-state index in [9.17, 15) is 59.4 Å². The van der Waals surface area contributed by atoms with Crippen molar-refractivity contribution in [2.75, 3.05) is 52.0 Å². The molecule has 6 rings (SSSR count). The van der Waals surface area contributed by atoms with Crippen molar-refractivity contribution in [2.45, 2.75) is 122 Å². The van der Waals surface area contributed by atoms with E-state index in [1.807, 2.05) is 17.4 Å². The minimum atomic E-state index is -5.17. The minimum absolute atomic E-state index is 0.0420. The van der Waals surface area contributed by atoms with E-state index in [0.29, 0.717) is 87.5 Å². The number of hydrogen-bond acceptors (Lipinski definition) is 14. The molecule has 3 aliphatic rings. The maximum Gasteiger partial charge on any atom is 0.407 e. The van der Waals surface area contributed by atoms with Gasteiger partial charge in [-0.25, -0.2) is 28.6 Å². The number of carbonyl (C=O) groups is 4. The SMILES string of the molecule is COC(=O)C[C@H](C(=O)NN(Cc1c(F)cc(C(N)=CC=NC(F)F)cc1F)C[C@H](O)[C@H](Cc1ccc(C#Cc2ccc(N3CC4CCC(C3)N4C3(C)COC3)nc2)cc1)NC(=O)[C@@H](NC(=O)OC)C(C)(C)C(F)(F)F)C(C)(C)C(F)(F)F. The van der Waals surface area contributed by atoms with Gasteiger partial charge in [-0.3, -0.25) is 24.7 Å². The number of aliphatic hydroxyl groups is 1. The van der Waals surface area contributed by atoms with Crippen molar-refractivity contribution in [1.29, 1.82) is 0 Å². The molecule has 0 saturated carbocycles. The van der Waals surface area contributed by atoms with Gasteiger partial charge >= 0.3 is 31.0 Å². The third-order valence-corrected chi connectivity index (χ3v) is 15.2. The minimum Gasteiger partial charge on any atom is -0.469 e. The number of alkyl halides is 8. The third-order valence-electron chi connectivity index (χ3n) is 15.2. The second-order valence-electron chi connectivity index (χ2n) is 21.7. The molecule has 27 heteroatoms. The molecule has 0 radical (unpaired) electrons. The fourth-order valence-electron chi connectivity index (χ4n) is 10.0. The van der Waals surface area contributed by atoms with E-state index in [0.717, 1.165) is 52.0 Å². The fraction of sp³-hybridized carbons (Fsp3) is 0.527. The van der Waals surface area contributed by atoms with E-state index in [1.54, 1.807) is 18.3 Å². The molecule has 4 heterocycles.